The van der Waals surface area contributed by atoms with Crippen LogP contribution in [0, 0.1) is 10.1 Å². The van der Waals surface area contributed by atoms with Crippen molar-refractivity contribution in [3.8, 4) is 0 Å². The second-order valence-electron chi connectivity index (χ2n) is 5.35. The molecule has 6 nitrogen and oxygen atoms in total. The lowest BCUT2D eigenvalue weighted by Crippen LogP contribution is -2.21. The number of benzene rings is 1. The second kappa shape index (κ2) is 9.11. The molecule has 3 aromatic rings. The lowest BCUT2D eigenvalue weighted by Gasteiger charge is -2.05. The molecule has 144 valence electrons. The third-order valence-electron chi connectivity index (χ3n) is 3.50. The van der Waals surface area contributed by atoms with E-state index in [-0.39, 0.29) is 27.2 Å². The number of nitrogens with one attached hydrogen (secondary N) is 1. The van der Waals surface area contributed by atoms with Gasteiger partial charge in [0.25, 0.3) is 11.6 Å². The van der Waals surface area contributed by atoms with E-state index in [1.165, 1.54) is 18.5 Å². The predicted octanol–water partition coefficient (Wildman–Crippen LogP) is 6.09. The molecular weight excluding hydrogens is 465 g/mol. The summed E-state index contributed by atoms with van der Waals surface area (Å²) in [6.07, 6.45) is 2.79. The average molecular weight is 475 g/mol. The third-order valence-corrected chi connectivity index (χ3v) is 7.12. The Kier molecular flexibility index (Phi) is 6.79. The zero-order valence-corrected chi connectivity index (χ0v) is 17.7. The van der Waals surface area contributed by atoms with Crippen molar-refractivity contribution in [2.45, 2.75) is 15.6 Å². The Morgan fingerprint density at radius 2 is 1.86 bits per heavy atom. The van der Waals surface area contributed by atoms with E-state index in [9.17, 15) is 14.9 Å². The molecule has 11 heteroatoms. The molecule has 0 aliphatic carbocycles. The van der Waals surface area contributed by atoms with Crippen molar-refractivity contribution < 1.29 is 9.72 Å². The highest BCUT2D eigenvalue weighted by atomic mass is 35.5. The Morgan fingerprint density at radius 1 is 1.18 bits per heavy atom. The van der Waals surface area contributed by atoms with Gasteiger partial charge < -0.3 is 5.32 Å². The molecule has 0 aliphatic heterocycles. The van der Waals surface area contributed by atoms with Gasteiger partial charge in [-0.25, -0.2) is 0 Å². The van der Waals surface area contributed by atoms with E-state index in [1.807, 2.05) is 0 Å². The van der Waals surface area contributed by atoms with Crippen molar-refractivity contribution in [2.75, 3.05) is 0 Å². The third kappa shape index (κ3) is 4.76. The molecule has 0 atom stereocenters. The number of nitro groups is 1. The Morgan fingerprint density at radius 3 is 2.50 bits per heavy atom. The first-order valence-corrected chi connectivity index (χ1v) is 10.4. The van der Waals surface area contributed by atoms with Crippen LogP contribution in [0.3, 0.4) is 0 Å². The number of thiophene rings is 1. The number of amides is 1. The summed E-state index contributed by atoms with van der Waals surface area (Å²) in [5.74, 6) is -0.438. The van der Waals surface area contributed by atoms with E-state index in [4.69, 9.17) is 34.8 Å². The molecule has 0 saturated carbocycles. The molecule has 1 N–H and O–H groups in total. The second-order valence-corrected chi connectivity index (χ2v) is 8.90. The van der Waals surface area contributed by atoms with Gasteiger partial charge in [0.1, 0.15) is 9.09 Å². The molecule has 0 spiro atoms. The lowest BCUT2D eigenvalue weighted by atomic mass is 10.2. The number of hydrogen-bond donors (Lipinski definition) is 1. The summed E-state index contributed by atoms with van der Waals surface area (Å²) in [4.78, 5) is 27.8. The van der Waals surface area contributed by atoms with Gasteiger partial charge in [0.05, 0.1) is 19.9 Å². The topological polar surface area (TPSA) is 85.1 Å². The first kappa shape index (κ1) is 20.9. The van der Waals surface area contributed by atoms with E-state index in [0.717, 1.165) is 28.7 Å². The van der Waals surface area contributed by atoms with Gasteiger partial charge in [-0.15, -0.1) is 11.3 Å². The summed E-state index contributed by atoms with van der Waals surface area (Å²) in [6, 6.07) is 8.33. The maximum atomic E-state index is 12.5. The van der Waals surface area contributed by atoms with Crippen molar-refractivity contribution in [2.24, 2.45) is 0 Å². The van der Waals surface area contributed by atoms with Crippen molar-refractivity contribution in [1.29, 1.82) is 0 Å². The molecule has 0 saturated heterocycles. The van der Waals surface area contributed by atoms with E-state index in [1.54, 1.807) is 24.3 Å². The van der Waals surface area contributed by atoms with Crippen LogP contribution < -0.4 is 5.32 Å². The van der Waals surface area contributed by atoms with Crippen LogP contribution in [0.5, 0.6) is 0 Å². The summed E-state index contributed by atoms with van der Waals surface area (Å²) in [7, 11) is 0. The number of carbonyl (C=O) groups excluding carboxylic acids is 1. The van der Waals surface area contributed by atoms with Crippen LogP contribution in [0.25, 0.3) is 0 Å². The standard InChI is InChI=1S/C17H10Cl3N3O3S2/c18-10-4-2-1-3-9(10)6-22-16(24)14-5-13(23(25)26)17(27-14)28-15-11(19)7-21-8-12(15)20/h1-5,7-8H,6H2,(H,22,24). The number of rotatable bonds is 6. The van der Waals surface area contributed by atoms with Gasteiger partial charge in [0.15, 0.2) is 0 Å². The van der Waals surface area contributed by atoms with E-state index >= 15 is 0 Å². The number of carbonyl (C=O) groups is 1. The zero-order valence-electron chi connectivity index (χ0n) is 13.8. The Bertz CT molecular complexity index is 1040. The molecule has 3 rings (SSSR count). The van der Waals surface area contributed by atoms with Gasteiger partial charge in [0.2, 0.25) is 0 Å². The highest BCUT2D eigenvalue weighted by Crippen LogP contribution is 2.45. The van der Waals surface area contributed by atoms with Crippen LogP contribution in [0.4, 0.5) is 5.69 Å². The number of nitrogens with zero attached hydrogens (tertiary/aromatic N) is 2. The van der Waals surface area contributed by atoms with E-state index < -0.39 is 10.8 Å². The average Bonchev–Trinajstić information content (AvgIpc) is 3.08. The maximum absolute atomic E-state index is 12.5. The minimum Gasteiger partial charge on any atom is -0.347 e. The normalized spacial score (nSPS) is 10.7. The molecule has 0 bridgehead atoms. The Hall–Kier alpha value is -1.84. The van der Waals surface area contributed by atoms with Gasteiger partial charge in [-0.05, 0) is 11.6 Å². The molecule has 2 heterocycles. The zero-order chi connectivity index (χ0) is 20.3. The molecule has 28 heavy (non-hydrogen) atoms. The van der Waals surface area contributed by atoms with Crippen molar-refractivity contribution >= 4 is 69.5 Å². The minimum atomic E-state index is -0.549. The van der Waals surface area contributed by atoms with Crippen LogP contribution in [0.15, 0.2) is 51.8 Å². The van der Waals surface area contributed by atoms with Crippen LogP contribution in [0.2, 0.25) is 15.1 Å². The first-order chi connectivity index (χ1) is 13.4. The monoisotopic (exact) mass is 473 g/mol. The summed E-state index contributed by atoms with van der Waals surface area (Å²) < 4.78 is 0.294. The van der Waals surface area contributed by atoms with Crippen molar-refractivity contribution in [1.82, 2.24) is 10.3 Å². The number of hydrogen-bond acceptors (Lipinski definition) is 6. The summed E-state index contributed by atoms with van der Waals surface area (Å²) in [5.41, 5.74) is 0.551. The Labute approximate surface area is 183 Å². The van der Waals surface area contributed by atoms with Crippen LogP contribution in [0.1, 0.15) is 15.2 Å². The van der Waals surface area contributed by atoms with Crippen molar-refractivity contribution in [3.05, 3.63) is 78.3 Å². The SMILES string of the molecule is O=C(NCc1ccccc1Cl)c1cc([N+](=O)[O-])c(Sc2c(Cl)cncc2Cl)s1. The fourth-order valence-electron chi connectivity index (χ4n) is 2.17. The smallest absolute Gasteiger partial charge is 0.294 e. The molecule has 0 unspecified atom stereocenters. The Balaban J connectivity index is 1.83. The molecule has 0 radical (unpaired) electrons. The van der Waals surface area contributed by atoms with Crippen LogP contribution >= 0.6 is 57.9 Å². The molecule has 0 fully saturated rings. The molecule has 0 aliphatic rings. The number of halogens is 3. The highest BCUT2D eigenvalue weighted by Gasteiger charge is 2.25. The number of aromatic nitrogens is 1. The largest absolute Gasteiger partial charge is 0.347 e. The quantitative estimate of drug-likeness (QED) is 0.345. The summed E-state index contributed by atoms with van der Waals surface area (Å²) in [5, 5.41) is 15.2. The molecule has 2 aromatic heterocycles. The maximum Gasteiger partial charge on any atom is 0.294 e. The lowest BCUT2D eigenvalue weighted by molar-refractivity contribution is -0.387. The summed E-state index contributed by atoms with van der Waals surface area (Å²) >= 11 is 20.3. The van der Waals surface area contributed by atoms with Gasteiger partial charge in [-0.1, -0.05) is 64.8 Å². The van der Waals surface area contributed by atoms with Gasteiger partial charge in [-0.2, -0.15) is 0 Å². The van der Waals surface area contributed by atoms with Gasteiger partial charge in [-0.3, -0.25) is 19.9 Å². The van der Waals surface area contributed by atoms with Crippen LogP contribution in [-0.4, -0.2) is 15.8 Å². The van der Waals surface area contributed by atoms with E-state index in [2.05, 4.69) is 10.3 Å². The highest BCUT2D eigenvalue weighted by molar-refractivity contribution is 8.01. The number of pyridine rings is 1. The molecular formula is C17H10Cl3N3O3S2. The fraction of sp³-hybridized carbons (Fsp3) is 0.0588. The first-order valence-electron chi connectivity index (χ1n) is 7.63. The minimum absolute atomic E-state index is 0.193. The van der Waals surface area contributed by atoms with E-state index in [0.29, 0.717) is 14.1 Å². The van der Waals surface area contributed by atoms with Gasteiger partial charge >= 0.3 is 0 Å². The van der Waals surface area contributed by atoms with Gasteiger partial charge in [0, 0.05) is 30.0 Å². The van der Waals surface area contributed by atoms with Crippen molar-refractivity contribution in [3.63, 3.8) is 0 Å². The predicted molar refractivity (Wildman–Crippen MR) is 112 cm³/mol. The van der Waals surface area contributed by atoms with Crippen LogP contribution in [-0.2, 0) is 6.54 Å². The molecule has 1 amide bonds. The fourth-order valence-corrected chi connectivity index (χ4v) is 5.15. The summed E-state index contributed by atoms with van der Waals surface area (Å²) in [6.45, 7) is 0.203. The molecule has 1 aromatic carbocycles.